The number of furan rings is 1. The van der Waals surface area contributed by atoms with Crippen LogP contribution in [0.3, 0.4) is 0 Å². The number of amidine groups is 2. The van der Waals surface area contributed by atoms with Crippen LogP contribution in [0.5, 0.6) is 5.75 Å². The summed E-state index contributed by atoms with van der Waals surface area (Å²) in [6.45, 7) is 9.41. The quantitative estimate of drug-likeness (QED) is 0.561. The van der Waals surface area contributed by atoms with Crippen molar-refractivity contribution in [2.24, 2.45) is 14.2 Å². The number of hydrogen-bond donors (Lipinski definition) is 3. The van der Waals surface area contributed by atoms with Gasteiger partial charge in [-0.15, -0.1) is 8.80 Å². The number of carbonyl (C=O) groups is 1. The zero-order valence-electron chi connectivity index (χ0n) is 19.9. The number of piperidine rings is 1. The molecular weight excluding hydrogens is 454 g/mol. The van der Waals surface area contributed by atoms with Crippen molar-refractivity contribution in [3.05, 3.63) is 47.4 Å². The molecule has 1 aromatic heterocycles. The van der Waals surface area contributed by atoms with Gasteiger partial charge in [0.2, 0.25) is 0 Å². The van der Waals surface area contributed by atoms with Crippen molar-refractivity contribution in [1.29, 1.82) is 0 Å². The Labute approximate surface area is 202 Å². The average molecular weight is 486 g/mol. The van der Waals surface area contributed by atoms with Crippen molar-refractivity contribution in [2.45, 2.75) is 53.0 Å². The highest BCUT2D eigenvalue weighted by molar-refractivity contribution is 7.83. The number of phenolic OH excluding ortho intramolecular Hbond substituents is 1. The number of amides is 1. The fourth-order valence-corrected chi connectivity index (χ4v) is 4.74. The molecule has 0 aliphatic carbocycles. The molecule has 1 fully saturated rings. The van der Waals surface area contributed by atoms with Crippen molar-refractivity contribution in [2.75, 3.05) is 18.4 Å². The zero-order valence-corrected chi connectivity index (χ0v) is 20.7. The smallest absolute Gasteiger partial charge is 0.269 e. The zero-order chi connectivity index (χ0) is 24.5. The molecule has 182 valence electrons. The predicted molar refractivity (Wildman–Crippen MR) is 133 cm³/mol. The van der Waals surface area contributed by atoms with Crippen LogP contribution in [-0.4, -0.2) is 44.9 Å². The third-order valence-electron chi connectivity index (χ3n) is 5.92. The van der Waals surface area contributed by atoms with Crippen molar-refractivity contribution >= 4 is 34.4 Å². The molecule has 1 aromatic carbocycles. The van der Waals surface area contributed by atoms with Crippen LogP contribution in [0, 0.1) is 12.3 Å². The molecule has 0 radical (unpaired) electrons. The molecule has 3 heterocycles. The lowest BCUT2D eigenvalue weighted by Crippen LogP contribution is -2.41. The van der Waals surface area contributed by atoms with Crippen molar-refractivity contribution in [3.8, 4) is 5.75 Å². The van der Waals surface area contributed by atoms with E-state index in [4.69, 9.17) is 4.42 Å². The summed E-state index contributed by atoms with van der Waals surface area (Å²) in [5, 5.41) is 17.2. The molecule has 1 saturated heterocycles. The van der Waals surface area contributed by atoms with Gasteiger partial charge in [-0.25, -0.2) is 4.21 Å². The Bertz CT molecular complexity index is 1160. The van der Waals surface area contributed by atoms with Crippen molar-refractivity contribution in [3.63, 3.8) is 0 Å². The average Bonchev–Trinajstić information content (AvgIpc) is 3.37. The van der Waals surface area contributed by atoms with E-state index in [1.807, 2.05) is 19.1 Å². The Morgan fingerprint density at radius 1 is 1.12 bits per heavy atom. The van der Waals surface area contributed by atoms with Gasteiger partial charge in [-0.2, -0.15) is 0 Å². The van der Waals surface area contributed by atoms with E-state index in [9.17, 15) is 14.1 Å². The topological polar surface area (TPSA) is 120 Å². The number of nitrogens with one attached hydrogen (secondary N) is 2. The van der Waals surface area contributed by atoms with E-state index < -0.39 is 11.2 Å². The van der Waals surface area contributed by atoms with Gasteiger partial charge in [0.05, 0.1) is 17.3 Å². The number of nitrogens with zero attached hydrogens (tertiary/aromatic N) is 3. The van der Waals surface area contributed by atoms with Crippen LogP contribution in [0.25, 0.3) is 0 Å². The molecule has 2 aromatic rings. The molecular formula is C24H31N5O4S. The molecule has 34 heavy (non-hydrogen) atoms. The third-order valence-corrected chi connectivity index (χ3v) is 6.60. The molecule has 0 saturated carbocycles. The Balaban J connectivity index is 1.56. The third kappa shape index (κ3) is 5.16. The highest BCUT2D eigenvalue weighted by atomic mass is 32.2. The van der Waals surface area contributed by atoms with E-state index in [2.05, 4.69) is 40.2 Å². The van der Waals surface area contributed by atoms with E-state index in [0.29, 0.717) is 18.9 Å². The first-order chi connectivity index (χ1) is 16.1. The molecule has 10 heteroatoms. The van der Waals surface area contributed by atoms with Gasteiger partial charge in [0, 0.05) is 13.1 Å². The minimum absolute atomic E-state index is 0.174. The van der Waals surface area contributed by atoms with Crippen LogP contribution in [-0.2, 0) is 11.2 Å². The Kier molecular flexibility index (Phi) is 6.79. The summed E-state index contributed by atoms with van der Waals surface area (Å²) < 4.78 is 26.3. The lowest BCUT2D eigenvalue weighted by molar-refractivity contribution is 0.0721. The number of aryl methyl sites for hydroxylation is 1. The number of benzene rings is 1. The highest BCUT2D eigenvalue weighted by Crippen LogP contribution is 2.34. The number of aromatic hydroxyl groups is 1. The highest BCUT2D eigenvalue weighted by Gasteiger charge is 2.33. The van der Waals surface area contributed by atoms with Gasteiger partial charge in [0.25, 0.3) is 17.1 Å². The van der Waals surface area contributed by atoms with E-state index >= 15 is 0 Å². The molecule has 3 N–H and O–H groups in total. The maximum absolute atomic E-state index is 13.0. The summed E-state index contributed by atoms with van der Waals surface area (Å²) in [5.74, 6) is 1.64. The molecule has 2 aliphatic heterocycles. The number of hydrogen-bond acceptors (Lipinski definition) is 6. The Morgan fingerprint density at radius 2 is 1.82 bits per heavy atom. The van der Waals surface area contributed by atoms with Crippen LogP contribution in [0.2, 0.25) is 0 Å². The Morgan fingerprint density at radius 3 is 2.47 bits per heavy atom. The maximum Gasteiger partial charge on any atom is 0.269 e. The second-order valence-corrected chi connectivity index (χ2v) is 10.5. The summed E-state index contributed by atoms with van der Waals surface area (Å²) in [6.07, 6.45) is 3.03. The van der Waals surface area contributed by atoms with Crippen LogP contribution >= 0.6 is 0 Å². The van der Waals surface area contributed by atoms with E-state index in [0.717, 1.165) is 30.8 Å². The fourth-order valence-electron chi connectivity index (χ4n) is 4.11. The molecule has 0 spiro atoms. The number of anilines is 1. The molecule has 4 rings (SSSR count). The normalized spacial score (nSPS) is 19.4. The van der Waals surface area contributed by atoms with Gasteiger partial charge in [-0.05, 0) is 55.9 Å². The van der Waals surface area contributed by atoms with Crippen LogP contribution in [0.15, 0.2) is 43.5 Å². The first kappa shape index (κ1) is 24.0. The predicted octanol–water partition coefficient (Wildman–Crippen LogP) is 4.10. The molecule has 2 aliphatic rings. The molecule has 1 amide bonds. The lowest BCUT2D eigenvalue weighted by Gasteiger charge is -2.30. The molecule has 2 atom stereocenters. The number of phenols is 1. The summed E-state index contributed by atoms with van der Waals surface area (Å²) in [5.41, 5.74) is 0.248. The SMILES string of the molecule is Cc1ccc(C(NC2=NS(=O)N=C2Nc2cccc(C(=O)N3CCCCC3)c2O)C(C)(C)C)o1. The minimum Gasteiger partial charge on any atom is -0.505 e. The number of carbonyl (C=O) groups excluding carboxylic acids is 1. The van der Waals surface area contributed by atoms with Crippen LogP contribution < -0.4 is 10.6 Å². The van der Waals surface area contributed by atoms with Gasteiger partial charge in [0.15, 0.2) is 17.4 Å². The second kappa shape index (κ2) is 9.61. The van der Waals surface area contributed by atoms with Gasteiger partial charge in [-0.3, -0.25) is 4.79 Å². The van der Waals surface area contributed by atoms with E-state index in [1.165, 1.54) is 0 Å². The summed E-state index contributed by atoms with van der Waals surface area (Å²) in [6, 6.07) is 8.45. The number of para-hydroxylation sites is 1. The first-order valence-corrected chi connectivity index (χ1v) is 12.5. The van der Waals surface area contributed by atoms with Gasteiger partial charge < -0.3 is 25.1 Å². The Hall–Kier alpha value is -3.14. The molecule has 9 nitrogen and oxygen atoms in total. The van der Waals surface area contributed by atoms with E-state index in [-0.39, 0.29) is 40.2 Å². The van der Waals surface area contributed by atoms with Crippen LogP contribution in [0.4, 0.5) is 5.69 Å². The summed E-state index contributed by atoms with van der Waals surface area (Å²) >= 11 is -1.81. The van der Waals surface area contributed by atoms with Crippen molar-refractivity contribution < 1.29 is 18.5 Å². The lowest BCUT2D eigenvalue weighted by atomic mass is 9.85. The number of likely N-dealkylation sites (tertiary alicyclic amines) is 1. The maximum atomic E-state index is 13.0. The van der Waals surface area contributed by atoms with Crippen LogP contribution in [0.1, 0.15) is 68.0 Å². The van der Waals surface area contributed by atoms with E-state index in [1.54, 1.807) is 23.1 Å². The minimum atomic E-state index is -1.81. The molecule has 0 bridgehead atoms. The second-order valence-electron chi connectivity index (χ2n) is 9.68. The molecule has 2 unspecified atom stereocenters. The van der Waals surface area contributed by atoms with Gasteiger partial charge in [-0.1, -0.05) is 26.8 Å². The monoisotopic (exact) mass is 485 g/mol. The van der Waals surface area contributed by atoms with Crippen molar-refractivity contribution in [1.82, 2.24) is 10.2 Å². The number of rotatable bonds is 4. The largest absolute Gasteiger partial charge is 0.505 e. The van der Waals surface area contributed by atoms with Gasteiger partial charge in [0.1, 0.15) is 11.5 Å². The fraction of sp³-hybridized carbons (Fsp3) is 0.458. The first-order valence-electron chi connectivity index (χ1n) is 11.4. The standard InChI is InChI=1S/C24H31N5O4S/c1-15-11-12-18(33-15)20(24(2,3)4)26-22-21(27-34(32)28-22)25-17-10-8-9-16(19(17)30)23(31)29-13-6-5-7-14-29/h8-12,20,30H,5-7,13-14H2,1-4H3,(H,25,27)(H,26,28). The van der Waals surface area contributed by atoms with Gasteiger partial charge >= 0.3 is 0 Å². The summed E-state index contributed by atoms with van der Waals surface area (Å²) in [7, 11) is 0. The summed E-state index contributed by atoms with van der Waals surface area (Å²) in [4.78, 5) is 14.7.